The molecule has 3 N–H and O–H groups in total. The predicted molar refractivity (Wildman–Crippen MR) is 48.3 cm³/mol. The number of alkyl halides is 3. The Morgan fingerprint density at radius 2 is 2.06 bits per heavy atom. The molecule has 0 unspecified atom stereocenters. The van der Waals surface area contributed by atoms with E-state index in [0.717, 1.165) is 12.1 Å². The number of carbonyl (C=O) groups is 2. The van der Waals surface area contributed by atoms with Crippen LogP contribution < -0.4 is 5.32 Å². The summed E-state index contributed by atoms with van der Waals surface area (Å²) in [6, 6.07) is 0. The standard InChI is InChI=1S/C6H7N3O.C2HF3O2/c10-6-4-3-8-9-5(4)1-2-7-6;3-2(4,5)1(6)7/h3H,1-2H2,(H,7,10)(H,8,9);(H,6,7). The van der Waals surface area contributed by atoms with Gasteiger partial charge in [0.25, 0.3) is 5.91 Å². The molecular formula is C8H8F3N3O3. The fourth-order valence-electron chi connectivity index (χ4n) is 1.10. The van der Waals surface area contributed by atoms with Crippen LogP contribution in [0.15, 0.2) is 6.20 Å². The highest BCUT2D eigenvalue weighted by Gasteiger charge is 2.38. The summed E-state index contributed by atoms with van der Waals surface area (Å²) in [5.41, 5.74) is 1.56. The van der Waals surface area contributed by atoms with Gasteiger partial charge in [0.1, 0.15) is 0 Å². The molecule has 1 aliphatic heterocycles. The average molecular weight is 251 g/mol. The second kappa shape index (κ2) is 4.85. The number of halogens is 3. The number of carbonyl (C=O) groups excluding carboxylic acids is 1. The third-order valence-corrected chi connectivity index (χ3v) is 1.85. The molecule has 1 amide bonds. The molecule has 17 heavy (non-hydrogen) atoms. The number of aromatic amines is 1. The minimum absolute atomic E-state index is 0.0185. The number of nitrogens with zero attached hydrogens (tertiary/aromatic N) is 1. The molecule has 0 saturated carbocycles. The molecule has 9 heteroatoms. The lowest BCUT2D eigenvalue weighted by Gasteiger charge is -2.09. The van der Waals surface area contributed by atoms with Crippen LogP contribution in [0, 0.1) is 0 Å². The van der Waals surface area contributed by atoms with Gasteiger partial charge in [-0.25, -0.2) is 4.79 Å². The van der Waals surface area contributed by atoms with Gasteiger partial charge in [0, 0.05) is 19.2 Å². The Balaban J connectivity index is 0.000000185. The van der Waals surface area contributed by atoms with Crippen molar-refractivity contribution >= 4 is 11.9 Å². The van der Waals surface area contributed by atoms with E-state index in [1.54, 1.807) is 6.20 Å². The van der Waals surface area contributed by atoms with Crippen LogP contribution in [-0.4, -0.2) is 39.9 Å². The van der Waals surface area contributed by atoms with Crippen molar-refractivity contribution in [1.82, 2.24) is 15.5 Å². The summed E-state index contributed by atoms with van der Waals surface area (Å²) in [6.07, 6.45) is -2.62. The highest BCUT2D eigenvalue weighted by molar-refractivity contribution is 5.95. The quantitative estimate of drug-likeness (QED) is 0.619. The van der Waals surface area contributed by atoms with Gasteiger partial charge >= 0.3 is 12.1 Å². The van der Waals surface area contributed by atoms with E-state index in [9.17, 15) is 18.0 Å². The molecule has 0 atom stereocenters. The first-order valence-corrected chi connectivity index (χ1v) is 4.43. The normalized spacial score (nSPS) is 14.2. The Morgan fingerprint density at radius 3 is 2.53 bits per heavy atom. The first-order chi connectivity index (χ1) is 7.82. The van der Waals surface area contributed by atoms with Gasteiger partial charge < -0.3 is 10.4 Å². The van der Waals surface area contributed by atoms with E-state index in [1.807, 2.05) is 0 Å². The number of carboxylic acid groups (broad SMARTS) is 1. The zero-order valence-corrected chi connectivity index (χ0v) is 8.34. The molecule has 1 aromatic heterocycles. The molecule has 0 aromatic carbocycles. The van der Waals surface area contributed by atoms with Crippen LogP contribution in [0.4, 0.5) is 13.2 Å². The summed E-state index contributed by atoms with van der Waals surface area (Å²) in [5, 5.41) is 16.4. The molecule has 94 valence electrons. The second-order valence-corrected chi connectivity index (χ2v) is 3.05. The molecule has 0 aliphatic carbocycles. The van der Waals surface area contributed by atoms with Crippen molar-refractivity contribution in [2.24, 2.45) is 0 Å². The van der Waals surface area contributed by atoms with Crippen molar-refractivity contribution in [3.63, 3.8) is 0 Å². The van der Waals surface area contributed by atoms with Gasteiger partial charge in [-0.05, 0) is 0 Å². The maximum atomic E-state index is 11.0. The van der Waals surface area contributed by atoms with Gasteiger partial charge in [-0.1, -0.05) is 0 Å². The number of hydrogen-bond acceptors (Lipinski definition) is 3. The number of fused-ring (bicyclic) bond motifs is 1. The van der Waals surface area contributed by atoms with E-state index in [2.05, 4.69) is 15.5 Å². The van der Waals surface area contributed by atoms with Crippen LogP contribution in [0.2, 0.25) is 0 Å². The lowest BCUT2D eigenvalue weighted by molar-refractivity contribution is -0.192. The van der Waals surface area contributed by atoms with Crippen molar-refractivity contribution in [2.45, 2.75) is 12.6 Å². The molecule has 1 aliphatic rings. The summed E-state index contributed by atoms with van der Waals surface area (Å²) in [7, 11) is 0. The minimum atomic E-state index is -5.08. The highest BCUT2D eigenvalue weighted by atomic mass is 19.4. The van der Waals surface area contributed by atoms with Gasteiger partial charge in [-0.2, -0.15) is 18.3 Å². The molecule has 0 fully saturated rings. The number of hydrogen-bond donors (Lipinski definition) is 3. The van der Waals surface area contributed by atoms with Gasteiger partial charge in [-0.15, -0.1) is 0 Å². The fourth-order valence-corrected chi connectivity index (χ4v) is 1.10. The van der Waals surface area contributed by atoms with E-state index in [-0.39, 0.29) is 5.91 Å². The maximum absolute atomic E-state index is 11.0. The smallest absolute Gasteiger partial charge is 0.475 e. The SMILES string of the molecule is O=C(O)C(F)(F)F.O=C1NCCc2n[nH]cc21. The maximum Gasteiger partial charge on any atom is 0.490 e. The number of rotatable bonds is 0. The summed E-state index contributed by atoms with van der Waals surface area (Å²) in [6.45, 7) is 0.705. The van der Waals surface area contributed by atoms with Crippen LogP contribution in [-0.2, 0) is 11.2 Å². The van der Waals surface area contributed by atoms with Crippen molar-refractivity contribution in [3.05, 3.63) is 17.5 Å². The van der Waals surface area contributed by atoms with Gasteiger partial charge in [0.05, 0.1) is 11.3 Å². The van der Waals surface area contributed by atoms with Gasteiger partial charge in [-0.3, -0.25) is 9.89 Å². The van der Waals surface area contributed by atoms with Crippen LogP contribution >= 0.6 is 0 Å². The number of amides is 1. The third-order valence-electron chi connectivity index (χ3n) is 1.85. The van der Waals surface area contributed by atoms with E-state index >= 15 is 0 Å². The Kier molecular flexibility index (Phi) is 3.71. The molecular weight excluding hydrogens is 243 g/mol. The molecule has 0 radical (unpaired) electrons. The summed E-state index contributed by atoms with van der Waals surface area (Å²) >= 11 is 0. The summed E-state index contributed by atoms with van der Waals surface area (Å²) < 4.78 is 31.7. The average Bonchev–Trinajstić information content (AvgIpc) is 2.66. The lowest BCUT2D eigenvalue weighted by Crippen LogP contribution is -2.31. The first-order valence-electron chi connectivity index (χ1n) is 4.43. The molecule has 0 saturated heterocycles. The predicted octanol–water partition coefficient (Wildman–Crippen LogP) is 0.329. The van der Waals surface area contributed by atoms with Crippen LogP contribution in [0.1, 0.15) is 16.1 Å². The monoisotopic (exact) mass is 251 g/mol. The fraction of sp³-hybridized carbons (Fsp3) is 0.375. The topological polar surface area (TPSA) is 95.1 Å². The Morgan fingerprint density at radius 1 is 1.47 bits per heavy atom. The van der Waals surface area contributed by atoms with Crippen LogP contribution in [0.25, 0.3) is 0 Å². The van der Waals surface area contributed by atoms with Crippen molar-refractivity contribution in [3.8, 4) is 0 Å². The van der Waals surface area contributed by atoms with E-state index in [1.165, 1.54) is 0 Å². The molecule has 0 spiro atoms. The van der Waals surface area contributed by atoms with E-state index in [4.69, 9.17) is 9.90 Å². The summed E-state index contributed by atoms with van der Waals surface area (Å²) in [5.74, 6) is -2.78. The molecule has 1 aromatic rings. The largest absolute Gasteiger partial charge is 0.490 e. The molecule has 6 nitrogen and oxygen atoms in total. The Hall–Kier alpha value is -2.06. The number of aromatic nitrogens is 2. The van der Waals surface area contributed by atoms with Gasteiger partial charge in [0.2, 0.25) is 0 Å². The lowest BCUT2D eigenvalue weighted by atomic mass is 10.1. The number of aliphatic carboxylic acids is 1. The molecule has 2 rings (SSSR count). The van der Waals surface area contributed by atoms with Gasteiger partial charge in [0.15, 0.2) is 0 Å². The van der Waals surface area contributed by atoms with Crippen molar-refractivity contribution in [1.29, 1.82) is 0 Å². The number of H-pyrrole nitrogens is 1. The number of carboxylic acids is 1. The molecule has 2 heterocycles. The Labute approximate surface area is 92.8 Å². The zero-order valence-electron chi connectivity index (χ0n) is 8.34. The van der Waals surface area contributed by atoms with Crippen molar-refractivity contribution < 1.29 is 27.9 Å². The summed E-state index contributed by atoms with van der Waals surface area (Å²) in [4.78, 5) is 19.9. The minimum Gasteiger partial charge on any atom is -0.475 e. The van der Waals surface area contributed by atoms with Crippen LogP contribution in [0.3, 0.4) is 0 Å². The first kappa shape index (κ1) is 13.0. The number of nitrogens with one attached hydrogen (secondary N) is 2. The third kappa shape index (κ3) is 3.47. The van der Waals surface area contributed by atoms with Crippen LogP contribution in [0.5, 0.6) is 0 Å². The van der Waals surface area contributed by atoms with E-state index in [0.29, 0.717) is 12.1 Å². The van der Waals surface area contributed by atoms with Crippen molar-refractivity contribution in [2.75, 3.05) is 6.54 Å². The molecule has 0 bridgehead atoms. The second-order valence-electron chi connectivity index (χ2n) is 3.05. The Bertz CT molecular complexity index is 427. The highest BCUT2D eigenvalue weighted by Crippen LogP contribution is 2.13. The zero-order chi connectivity index (χ0) is 13.1. The van der Waals surface area contributed by atoms with E-state index < -0.39 is 12.1 Å².